The molecule has 1 fully saturated rings. The first-order valence-corrected chi connectivity index (χ1v) is 8.12. The predicted molar refractivity (Wildman–Crippen MR) is 83.8 cm³/mol. The number of nitrogens with one attached hydrogen (secondary N) is 1. The van der Waals surface area contributed by atoms with E-state index in [0.29, 0.717) is 0 Å². The van der Waals surface area contributed by atoms with Gasteiger partial charge in [-0.15, -0.1) is 11.6 Å². The molecule has 1 aliphatic rings. The van der Waals surface area contributed by atoms with Crippen LogP contribution in [0.25, 0.3) is 0 Å². The molecule has 0 radical (unpaired) electrons. The molecule has 2 rings (SSSR count). The second-order valence-electron chi connectivity index (χ2n) is 6.13. The summed E-state index contributed by atoms with van der Waals surface area (Å²) >= 11 is 6.24. The van der Waals surface area contributed by atoms with Crippen LogP contribution in [0.2, 0.25) is 0 Å². The molecular weight excluding hydrogens is 254 g/mol. The van der Waals surface area contributed by atoms with Gasteiger partial charge in [0.25, 0.3) is 0 Å². The molecule has 2 atom stereocenters. The predicted octanol–water partition coefficient (Wildman–Crippen LogP) is 4.40. The maximum absolute atomic E-state index is 6.24. The van der Waals surface area contributed by atoms with Crippen LogP contribution >= 0.6 is 11.6 Å². The van der Waals surface area contributed by atoms with E-state index in [1.165, 1.54) is 37.7 Å². The van der Waals surface area contributed by atoms with Crippen molar-refractivity contribution in [3.63, 3.8) is 0 Å². The Bertz CT molecular complexity index is 365. The van der Waals surface area contributed by atoms with Gasteiger partial charge >= 0.3 is 0 Å². The highest BCUT2D eigenvalue weighted by Crippen LogP contribution is 2.33. The molecule has 1 aliphatic carbocycles. The molecule has 106 valence electrons. The molecule has 0 saturated heterocycles. The molecule has 2 unspecified atom stereocenters. The van der Waals surface area contributed by atoms with E-state index in [2.05, 4.69) is 42.6 Å². The van der Waals surface area contributed by atoms with Crippen molar-refractivity contribution in [1.29, 1.82) is 0 Å². The fraction of sp³-hybridized carbons (Fsp3) is 0.647. The van der Waals surface area contributed by atoms with Crippen molar-refractivity contribution in [3.8, 4) is 0 Å². The fourth-order valence-corrected chi connectivity index (χ4v) is 3.62. The lowest BCUT2D eigenvalue weighted by atomic mass is 9.77. The smallest absolute Gasteiger partial charge is 0.0406 e. The highest BCUT2D eigenvalue weighted by Gasteiger charge is 2.33. The molecule has 1 nitrogen and oxygen atoms in total. The summed E-state index contributed by atoms with van der Waals surface area (Å²) < 4.78 is 0. The van der Waals surface area contributed by atoms with Crippen molar-refractivity contribution in [2.75, 3.05) is 12.4 Å². The molecular formula is C17H26ClN. The molecule has 0 aliphatic heterocycles. The summed E-state index contributed by atoms with van der Waals surface area (Å²) in [4.78, 5) is 0. The van der Waals surface area contributed by atoms with E-state index >= 15 is 0 Å². The van der Waals surface area contributed by atoms with Crippen LogP contribution in [0.3, 0.4) is 0 Å². The van der Waals surface area contributed by atoms with Crippen molar-refractivity contribution in [1.82, 2.24) is 5.32 Å². The molecule has 0 amide bonds. The third kappa shape index (κ3) is 4.50. The lowest BCUT2D eigenvalue weighted by Gasteiger charge is -2.39. The van der Waals surface area contributed by atoms with E-state index in [1.807, 2.05) is 0 Å². The van der Waals surface area contributed by atoms with Gasteiger partial charge in [-0.2, -0.15) is 0 Å². The number of hydrogen-bond donors (Lipinski definition) is 1. The number of rotatable bonds is 6. The second-order valence-corrected chi connectivity index (χ2v) is 6.40. The number of halogens is 1. The Labute approximate surface area is 122 Å². The van der Waals surface area contributed by atoms with Gasteiger partial charge in [0, 0.05) is 11.4 Å². The average Bonchev–Trinajstić information content (AvgIpc) is 2.45. The van der Waals surface area contributed by atoms with Crippen LogP contribution in [-0.2, 0) is 6.42 Å². The molecule has 1 aromatic carbocycles. The van der Waals surface area contributed by atoms with Gasteiger partial charge in [0.15, 0.2) is 0 Å². The van der Waals surface area contributed by atoms with Crippen LogP contribution in [0.4, 0.5) is 0 Å². The Kier molecular flexibility index (Phi) is 5.72. The third-order valence-corrected chi connectivity index (χ3v) is 4.84. The third-order valence-electron chi connectivity index (χ3n) is 4.33. The molecule has 0 aromatic heterocycles. The molecule has 1 N–H and O–H groups in total. The Morgan fingerprint density at radius 3 is 2.79 bits per heavy atom. The normalized spacial score (nSPS) is 27.4. The van der Waals surface area contributed by atoms with E-state index in [9.17, 15) is 0 Å². The molecule has 0 bridgehead atoms. The second kappa shape index (κ2) is 7.31. The zero-order chi connectivity index (χ0) is 13.6. The topological polar surface area (TPSA) is 12.0 Å². The average molecular weight is 280 g/mol. The zero-order valence-corrected chi connectivity index (χ0v) is 12.8. The van der Waals surface area contributed by atoms with Crippen LogP contribution < -0.4 is 5.32 Å². The van der Waals surface area contributed by atoms with Gasteiger partial charge in [0.2, 0.25) is 0 Å². The van der Waals surface area contributed by atoms with Crippen LogP contribution in [0.1, 0.15) is 44.6 Å². The van der Waals surface area contributed by atoms with Gasteiger partial charge in [-0.1, -0.05) is 50.1 Å². The molecule has 19 heavy (non-hydrogen) atoms. The quantitative estimate of drug-likeness (QED) is 0.601. The van der Waals surface area contributed by atoms with Gasteiger partial charge in [-0.3, -0.25) is 0 Å². The van der Waals surface area contributed by atoms with E-state index in [1.54, 1.807) is 0 Å². The van der Waals surface area contributed by atoms with Crippen LogP contribution in [-0.4, -0.2) is 18.0 Å². The minimum absolute atomic E-state index is 0.204. The number of hydrogen-bond acceptors (Lipinski definition) is 1. The van der Waals surface area contributed by atoms with Crippen molar-refractivity contribution >= 4 is 11.6 Å². The first kappa shape index (κ1) is 14.9. The summed E-state index contributed by atoms with van der Waals surface area (Å²) in [5.74, 6) is 1.57. The van der Waals surface area contributed by atoms with Gasteiger partial charge in [0.05, 0.1) is 0 Å². The summed E-state index contributed by atoms with van der Waals surface area (Å²) in [6.45, 7) is 3.43. The largest absolute Gasteiger partial charge is 0.310 e. The number of aryl methyl sites for hydroxylation is 1. The monoisotopic (exact) mass is 279 g/mol. The van der Waals surface area contributed by atoms with E-state index in [-0.39, 0.29) is 5.54 Å². The van der Waals surface area contributed by atoms with E-state index in [0.717, 1.165) is 24.8 Å². The summed E-state index contributed by atoms with van der Waals surface area (Å²) in [6.07, 6.45) is 7.51. The Hall–Kier alpha value is -0.530. The number of benzene rings is 1. The standard InChI is InChI=1S/C17H26ClN/c1-15-7-5-11-17(13-15,14-18)19-12-6-10-16-8-3-2-4-9-16/h2-4,8-9,15,19H,5-7,10-14H2,1H3. The van der Waals surface area contributed by atoms with Crippen LogP contribution in [0.5, 0.6) is 0 Å². The fourth-order valence-electron chi connectivity index (χ4n) is 3.28. The summed E-state index contributed by atoms with van der Waals surface area (Å²) in [6, 6.07) is 10.7. The van der Waals surface area contributed by atoms with Gasteiger partial charge in [-0.05, 0) is 43.7 Å². The van der Waals surface area contributed by atoms with Gasteiger partial charge in [-0.25, -0.2) is 0 Å². The Morgan fingerprint density at radius 2 is 2.11 bits per heavy atom. The maximum atomic E-state index is 6.24. The Balaban J connectivity index is 1.74. The van der Waals surface area contributed by atoms with Crippen molar-refractivity contribution in [2.45, 2.75) is 51.0 Å². The molecule has 2 heteroatoms. The maximum Gasteiger partial charge on any atom is 0.0406 e. The Morgan fingerprint density at radius 1 is 1.32 bits per heavy atom. The van der Waals surface area contributed by atoms with Crippen LogP contribution in [0.15, 0.2) is 30.3 Å². The van der Waals surface area contributed by atoms with Gasteiger partial charge in [0.1, 0.15) is 0 Å². The first-order valence-electron chi connectivity index (χ1n) is 7.59. The molecule has 1 aromatic rings. The summed E-state index contributed by atoms with van der Waals surface area (Å²) in [7, 11) is 0. The zero-order valence-electron chi connectivity index (χ0n) is 12.0. The van der Waals surface area contributed by atoms with Crippen LogP contribution in [0, 0.1) is 5.92 Å². The van der Waals surface area contributed by atoms with Crippen molar-refractivity contribution < 1.29 is 0 Å². The summed E-state index contributed by atoms with van der Waals surface area (Å²) in [5, 5.41) is 3.75. The lowest BCUT2D eigenvalue weighted by molar-refractivity contribution is 0.209. The lowest BCUT2D eigenvalue weighted by Crippen LogP contribution is -2.50. The van der Waals surface area contributed by atoms with E-state index in [4.69, 9.17) is 11.6 Å². The highest BCUT2D eigenvalue weighted by molar-refractivity contribution is 6.18. The van der Waals surface area contributed by atoms with E-state index < -0.39 is 0 Å². The molecule has 0 spiro atoms. The van der Waals surface area contributed by atoms with Crippen molar-refractivity contribution in [2.24, 2.45) is 5.92 Å². The molecule has 0 heterocycles. The number of alkyl halides is 1. The van der Waals surface area contributed by atoms with Crippen molar-refractivity contribution in [3.05, 3.63) is 35.9 Å². The highest BCUT2D eigenvalue weighted by atomic mass is 35.5. The first-order chi connectivity index (χ1) is 9.24. The van der Waals surface area contributed by atoms with Gasteiger partial charge < -0.3 is 5.32 Å². The minimum Gasteiger partial charge on any atom is -0.310 e. The summed E-state index contributed by atoms with van der Waals surface area (Å²) in [5.41, 5.74) is 1.64. The minimum atomic E-state index is 0.204. The molecule has 1 saturated carbocycles. The SMILES string of the molecule is CC1CCCC(CCl)(NCCCc2ccccc2)C1.